The summed E-state index contributed by atoms with van der Waals surface area (Å²) in [6.45, 7) is 4.72. The highest BCUT2D eigenvalue weighted by Gasteiger charge is 2.27. The summed E-state index contributed by atoms with van der Waals surface area (Å²) < 4.78 is 4.91. The molecular formula is C22H27N3O4. The van der Waals surface area contributed by atoms with Gasteiger partial charge < -0.3 is 20.4 Å². The summed E-state index contributed by atoms with van der Waals surface area (Å²) in [6, 6.07) is 7.41. The monoisotopic (exact) mass is 397 g/mol. The van der Waals surface area contributed by atoms with E-state index in [4.69, 9.17) is 4.74 Å². The molecule has 154 valence electrons. The van der Waals surface area contributed by atoms with E-state index in [0.29, 0.717) is 25.1 Å². The molecule has 2 heterocycles. The molecule has 1 aromatic carbocycles. The second-order valence-corrected chi connectivity index (χ2v) is 7.16. The van der Waals surface area contributed by atoms with Gasteiger partial charge in [0, 0.05) is 35.5 Å². The van der Waals surface area contributed by atoms with Crippen molar-refractivity contribution >= 4 is 28.7 Å². The van der Waals surface area contributed by atoms with E-state index in [2.05, 4.69) is 28.6 Å². The number of nitrogens with one attached hydrogen (secondary N) is 3. The number of carbonyl (C=O) groups is 3. The molecule has 0 saturated carbocycles. The van der Waals surface area contributed by atoms with Crippen LogP contribution in [0.3, 0.4) is 0 Å². The lowest BCUT2D eigenvalue weighted by Crippen LogP contribution is -2.36. The first-order valence-corrected chi connectivity index (χ1v) is 10.0. The molecule has 0 bridgehead atoms. The van der Waals surface area contributed by atoms with E-state index in [1.165, 1.54) is 11.6 Å². The van der Waals surface area contributed by atoms with Gasteiger partial charge in [-0.25, -0.2) is 4.79 Å². The second-order valence-electron chi connectivity index (χ2n) is 7.16. The first-order chi connectivity index (χ1) is 14.0. The molecule has 0 aliphatic carbocycles. The van der Waals surface area contributed by atoms with Gasteiger partial charge in [0.1, 0.15) is 5.69 Å². The van der Waals surface area contributed by atoms with Crippen LogP contribution >= 0.6 is 0 Å². The SMILES string of the molecule is CCOC(=O)/C=C/C(CC1CCNC1=O)NC(=O)c1cc2cc(CC)ccc2[nH]1. The summed E-state index contributed by atoms with van der Waals surface area (Å²) in [4.78, 5) is 39.6. The van der Waals surface area contributed by atoms with Crippen LogP contribution in [-0.2, 0) is 20.7 Å². The van der Waals surface area contributed by atoms with E-state index in [1.54, 1.807) is 13.0 Å². The fourth-order valence-corrected chi connectivity index (χ4v) is 3.52. The van der Waals surface area contributed by atoms with E-state index >= 15 is 0 Å². The quantitative estimate of drug-likeness (QED) is 0.471. The summed E-state index contributed by atoms with van der Waals surface area (Å²) in [5.74, 6) is -0.968. The van der Waals surface area contributed by atoms with Gasteiger partial charge in [-0.3, -0.25) is 9.59 Å². The molecular weight excluding hydrogens is 370 g/mol. The number of benzene rings is 1. The van der Waals surface area contributed by atoms with Gasteiger partial charge >= 0.3 is 5.97 Å². The minimum Gasteiger partial charge on any atom is -0.463 e. The van der Waals surface area contributed by atoms with Gasteiger partial charge in [0.2, 0.25) is 5.91 Å². The molecule has 7 heteroatoms. The minimum atomic E-state index is -0.472. The summed E-state index contributed by atoms with van der Waals surface area (Å²) in [6.07, 6.45) is 4.96. The molecule has 7 nitrogen and oxygen atoms in total. The standard InChI is InChI=1S/C22H27N3O4/c1-3-14-5-7-18-16(11-14)13-19(25-18)22(28)24-17(6-8-20(26)29-4-2)12-15-9-10-23-21(15)27/h5-8,11,13,15,17,25H,3-4,9-10,12H2,1-2H3,(H,23,27)(H,24,28)/b8-6+. The highest BCUT2D eigenvalue weighted by Crippen LogP contribution is 2.20. The molecule has 2 amide bonds. The molecule has 1 aromatic heterocycles. The molecule has 2 unspecified atom stereocenters. The van der Waals surface area contributed by atoms with Crippen molar-refractivity contribution in [3.8, 4) is 0 Å². The van der Waals surface area contributed by atoms with E-state index in [1.807, 2.05) is 18.2 Å². The maximum Gasteiger partial charge on any atom is 0.330 e. The fraction of sp³-hybridized carbons (Fsp3) is 0.409. The number of aromatic amines is 1. The van der Waals surface area contributed by atoms with Gasteiger partial charge in [0.25, 0.3) is 5.91 Å². The Morgan fingerprint density at radius 1 is 1.31 bits per heavy atom. The zero-order valence-corrected chi connectivity index (χ0v) is 16.8. The first-order valence-electron chi connectivity index (χ1n) is 10.0. The Balaban J connectivity index is 1.75. The Bertz CT molecular complexity index is 931. The average molecular weight is 397 g/mol. The number of hydrogen-bond donors (Lipinski definition) is 3. The van der Waals surface area contributed by atoms with Crippen molar-refractivity contribution in [2.75, 3.05) is 13.2 Å². The molecule has 0 radical (unpaired) electrons. The lowest BCUT2D eigenvalue weighted by Gasteiger charge is -2.17. The molecule has 1 aliphatic heterocycles. The van der Waals surface area contributed by atoms with Crippen molar-refractivity contribution in [3.05, 3.63) is 47.7 Å². The number of hydrogen-bond acceptors (Lipinski definition) is 4. The van der Waals surface area contributed by atoms with Crippen LogP contribution in [0.4, 0.5) is 0 Å². The predicted octanol–water partition coefficient (Wildman–Crippen LogP) is 2.47. The van der Waals surface area contributed by atoms with Crippen molar-refractivity contribution in [1.29, 1.82) is 0 Å². The molecule has 1 aliphatic rings. The highest BCUT2D eigenvalue weighted by atomic mass is 16.5. The second kappa shape index (κ2) is 9.41. The summed E-state index contributed by atoms with van der Waals surface area (Å²) >= 11 is 0. The number of amides is 2. The van der Waals surface area contributed by atoms with Crippen LogP contribution < -0.4 is 10.6 Å². The zero-order valence-electron chi connectivity index (χ0n) is 16.8. The van der Waals surface area contributed by atoms with Crippen LogP contribution in [0, 0.1) is 5.92 Å². The van der Waals surface area contributed by atoms with Crippen LogP contribution in [0.1, 0.15) is 42.7 Å². The number of fused-ring (bicyclic) bond motifs is 1. The van der Waals surface area contributed by atoms with Crippen molar-refractivity contribution in [1.82, 2.24) is 15.6 Å². The van der Waals surface area contributed by atoms with E-state index < -0.39 is 12.0 Å². The number of rotatable bonds is 8. The average Bonchev–Trinajstić information content (AvgIpc) is 3.31. The van der Waals surface area contributed by atoms with Gasteiger partial charge in [0.15, 0.2) is 0 Å². The number of aryl methyl sites for hydroxylation is 1. The van der Waals surface area contributed by atoms with Gasteiger partial charge in [-0.1, -0.05) is 19.1 Å². The first kappa shape index (κ1) is 20.6. The normalized spacial score (nSPS) is 17.4. The smallest absolute Gasteiger partial charge is 0.330 e. The maximum absolute atomic E-state index is 12.8. The van der Waals surface area contributed by atoms with Crippen LogP contribution in [0.15, 0.2) is 36.4 Å². The number of ether oxygens (including phenoxy) is 1. The van der Waals surface area contributed by atoms with Crippen molar-refractivity contribution in [2.45, 2.75) is 39.2 Å². The van der Waals surface area contributed by atoms with E-state index in [0.717, 1.165) is 17.3 Å². The number of esters is 1. The molecule has 1 fully saturated rings. The van der Waals surface area contributed by atoms with E-state index in [9.17, 15) is 14.4 Å². The largest absolute Gasteiger partial charge is 0.463 e. The molecule has 2 aromatic rings. The van der Waals surface area contributed by atoms with Gasteiger partial charge in [0.05, 0.1) is 6.61 Å². The molecule has 3 rings (SSSR count). The number of aromatic nitrogens is 1. The summed E-state index contributed by atoms with van der Waals surface area (Å²) in [5.41, 5.74) is 2.53. The Hall–Kier alpha value is -3.09. The lowest BCUT2D eigenvalue weighted by molar-refractivity contribution is -0.137. The molecule has 0 spiro atoms. The third-order valence-electron chi connectivity index (χ3n) is 5.11. The van der Waals surface area contributed by atoms with E-state index in [-0.39, 0.29) is 24.3 Å². The Morgan fingerprint density at radius 3 is 2.83 bits per heavy atom. The van der Waals surface area contributed by atoms with Gasteiger partial charge in [-0.15, -0.1) is 0 Å². The van der Waals surface area contributed by atoms with Crippen molar-refractivity contribution < 1.29 is 19.1 Å². The molecule has 2 atom stereocenters. The lowest BCUT2D eigenvalue weighted by atomic mass is 9.98. The van der Waals surface area contributed by atoms with Crippen molar-refractivity contribution in [3.63, 3.8) is 0 Å². The third-order valence-corrected chi connectivity index (χ3v) is 5.11. The summed E-state index contributed by atoms with van der Waals surface area (Å²) in [7, 11) is 0. The maximum atomic E-state index is 12.8. The molecule has 3 N–H and O–H groups in total. The van der Waals surface area contributed by atoms with Crippen LogP contribution in [0.2, 0.25) is 0 Å². The van der Waals surface area contributed by atoms with Crippen LogP contribution in [0.5, 0.6) is 0 Å². The minimum absolute atomic E-state index is 0.0218. The highest BCUT2D eigenvalue weighted by molar-refractivity contribution is 5.98. The Kier molecular flexibility index (Phi) is 6.69. The topological polar surface area (TPSA) is 100 Å². The zero-order chi connectivity index (χ0) is 20.8. The van der Waals surface area contributed by atoms with Gasteiger partial charge in [-0.2, -0.15) is 0 Å². The molecule has 1 saturated heterocycles. The Morgan fingerprint density at radius 2 is 2.14 bits per heavy atom. The van der Waals surface area contributed by atoms with Crippen LogP contribution in [0.25, 0.3) is 10.9 Å². The number of H-pyrrole nitrogens is 1. The van der Waals surface area contributed by atoms with Crippen molar-refractivity contribution in [2.24, 2.45) is 5.92 Å². The summed E-state index contributed by atoms with van der Waals surface area (Å²) in [5, 5.41) is 6.70. The van der Waals surface area contributed by atoms with Gasteiger partial charge in [-0.05, 0) is 49.9 Å². The van der Waals surface area contributed by atoms with Crippen LogP contribution in [-0.4, -0.2) is 42.0 Å². The molecule has 29 heavy (non-hydrogen) atoms. The number of carbonyl (C=O) groups excluding carboxylic acids is 3. The fourth-order valence-electron chi connectivity index (χ4n) is 3.52. The third kappa shape index (κ3) is 5.25. The predicted molar refractivity (Wildman–Crippen MR) is 110 cm³/mol. The Labute approximate surface area is 169 Å².